The maximum Gasteiger partial charge on any atom is 0.523 e. The molecule has 2 heterocycles. The van der Waals surface area contributed by atoms with Gasteiger partial charge in [0.05, 0.1) is 25.4 Å². The first-order valence-corrected chi connectivity index (χ1v) is 12.4. The van der Waals surface area contributed by atoms with Gasteiger partial charge in [-0.2, -0.15) is 21.6 Å². The third kappa shape index (κ3) is 4.95. The molecule has 0 aliphatic carbocycles. The van der Waals surface area contributed by atoms with E-state index >= 15 is 0 Å². The van der Waals surface area contributed by atoms with Gasteiger partial charge in [-0.25, -0.2) is 0 Å². The van der Waals surface area contributed by atoms with Crippen LogP contribution in [0.5, 0.6) is 0 Å². The Hall–Kier alpha value is -0.203. The predicted octanol–water partition coefficient (Wildman–Crippen LogP) is 2.80. The molecule has 6 nitrogen and oxygen atoms in total. The second-order valence-electron chi connectivity index (χ2n) is 7.92. The van der Waals surface area contributed by atoms with E-state index in [9.17, 15) is 21.6 Å². The second kappa shape index (κ2) is 6.75. The number of halogens is 3. The number of rotatable bonds is 6. The molecule has 0 aromatic heterocycles. The van der Waals surface area contributed by atoms with Crippen LogP contribution in [0.2, 0.25) is 18.1 Å². The Morgan fingerprint density at radius 2 is 1.72 bits per heavy atom. The van der Waals surface area contributed by atoms with Crippen molar-refractivity contribution in [2.24, 2.45) is 0 Å². The fourth-order valence-electron chi connectivity index (χ4n) is 2.31. The fourth-order valence-corrected chi connectivity index (χ4v) is 4.11. The molecule has 0 N–H and O–H groups in total. The lowest BCUT2D eigenvalue weighted by Gasteiger charge is -2.39. The van der Waals surface area contributed by atoms with Crippen LogP contribution < -0.4 is 0 Å². The molecule has 2 fully saturated rings. The van der Waals surface area contributed by atoms with Gasteiger partial charge in [0.25, 0.3) is 0 Å². The van der Waals surface area contributed by atoms with Crippen LogP contribution in [0, 0.1) is 0 Å². The van der Waals surface area contributed by atoms with Crippen LogP contribution in [-0.4, -0.2) is 59.9 Å². The van der Waals surface area contributed by atoms with Crippen molar-refractivity contribution in [3.63, 3.8) is 0 Å². The largest absolute Gasteiger partial charge is 0.523 e. The minimum Gasteiger partial charge on any atom is -0.411 e. The number of ether oxygens (including phenoxy) is 2. The summed E-state index contributed by atoms with van der Waals surface area (Å²) < 4.78 is 80.9. The van der Waals surface area contributed by atoms with E-state index in [2.05, 4.69) is 4.18 Å². The smallest absolute Gasteiger partial charge is 0.411 e. The molecule has 0 amide bonds. The molecule has 0 bridgehead atoms. The lowest BCUT2D eigenvalue weighted by atomic mass is 10.1. The Morgan fingerprint density at radius 3 is 2.16 bits per heavy atom. The molecule has 0 radical (unpaired) electrons. The predicted molar refractivity (Wildman–Crippen MR) is 86.0 cm³/mol. The minimum absolute atomic E-state index is 0.107. The zero-order valence-corrected chi connectivity index (χ0v) is 16.7. The van der Waals surface area contributed by atoms with E-state index in [4.69, 9.17) is 13.9 Å². The lowest BCUT2D eigenvalue weighted by molar-refractivity contribution is -0.0625. The number of alkyl halides is 3. The maximum absolute atomic E-state index is 12.4. The monoisotopic (exact) mass is 406 g/mol. The molecule has 11 heteroatoms. The van der Waals surface area contributed by atoms with Crippen molar-refractivity contribution >= 4 is 18.4 Å². The van der Waals surface area contributed by atoms with Gasteiger partial charge in [0.2, 0.25) is 0 Å². The van der Waals surface area contributed by atoms with Gasteiger partial charge < -0.3 is 13.9 Å². The molecule has 0 spiro atoms. The van der Waals surface area contributed by atoms with Crippen molar-refractivity contribution in [2.45, 2.75) is 75.2 Å². The highest BCUT2D eigenvalue weighted by Gasteiger charge is 2.51. The van der Waals surface area contributed by atoms with E-state index in [1.165, 1.54) is 0 Å². The van der Waals surface area contributed by atoms with Crippen molar-refractivity contribution in [2.75, 3.05) is 13.2 Å². The Labute approximate surface area is 147 Å². The van der Waals surface area contributed by atoms with Crippen LogP contribution >= 0.6 is 0 Å². The standard InChI is InChI=1S/C14H25F3O6SSi/c1-13(2,3)25(4,5)23-10-6-9(11-7-20-11)22-12(10)8-21-24(18,19)14(15,16)17/h9-12H,6-8H2,1-5H3/t9-,10+,11+,12+/m1/s1. The molecule has 4 atom stereocenters. The van der Waals surface area contributed by atoms with Gasteiger partial charge in [0, 0.05) is 6.42 Å². The number of hydrogen-bond acceptors (Lipinski definition) is 6. The van der Waals surface area contributed by atoms with Gasteiger partial charge in [-0.15, -0.1) is 0 Å². The van der Waals surface area contributed by atoms with Gasteiger partial charge in [0.15, 0.2) is 8.32 Å². The van der Waals surface area contributed by atoms with E-state index in [1.807, 2.05) is 33.9 Å². The highest BCUT2D eigenvalue weighted by Crippen LogP contribution is 2.41. The summed E-state index contributed by atoms with van der Waals surface area (Å²) in [5, 5.41) is -0.107. The van der Waals surface area contributed by atoms with Crippen LogP contribution in [0.25, 0.3) is 0 Å². The van der Waals surface area contributed by atoms with E-state index in [0.717, 1.165) is 0 Å². The van der Waals surface area contributed by atoms with E-state index < -0.39 is 42.8 Å². The quantitative estimate of drug-likeness (QED) is 0.292. The summed E-state index contributed by atoms with van der Waals surface area (Å²) in [6.45, 7) is 9.93. The Balaban J connectivity index is 2.07. The lowest BCUT2D eigenvalue weighted by Crippen LogP contribution is -2.47. The topological polar surface area (TPSA) is 74.4 Å². The summed E-state index contributed by atoms with van der Waals surface area (Å²) in [6, 6.07) is 0. The van der Waals surface area contributed by atoms with Crippen LogP contribution in [0.4, 0.5) is 13.2 Å². The molecular weight excluding hydrogens is 381 g/mol. The molecule has 25 heavy (non-hydrogen) atoms. The summed E-state index contributed by atoms with van der Waals surface area (Å²) in [5.41, 5.74) is -5.46. The summed E-state index contributed by atoms with van der Waals surface area (Å²) in [4.78, 5) is 0. The summed E-state index contributed by atoms with van der Waals surface area (Å²) in [7, 11) is -7.87. The van der Waals surface area contributed by atoms with Crippen LogP contribution in [0.1, 0.15) is 27.2 Å². The van der Waals surface area contributed by atoms with Crippen molar-refractivity contribution in [3.8, 4) is 0 Å². The third-order valence-corrected chi connectivity index (χ3v) is 10.4. The number of hydrogen-bond donors (Lipinski definition) is 0. The Morgan fingerprint density at radius 1 is 1.16 bits per heavy atom. The van der Waals surface area contributed by atoms with Crippen molar-refractivity contribution < 1.29 is 39.7 Å². The van der Waals surface area contributed by atoms with Crippen LogP contribution in [0.3, 0.4) is 0 Å². The highest BCUT2D eigenvalue weighted by atomic mass is 32.2. The van der Waals surface area contributed by atoms with Gasteiger partial charge >= 0.3 is 15.6 Å². The first-order chi connectivity index (χ1) is 11.1. The van der Waals surface area contributed by atoms with Gasteiger partial charge in [-0.05, 0) is 18.1 Å². The summed E-state index contributed by atoms with van der Waals surface area (Å²) >= 11 is 0. The van der Waals surface area contributed by atoms with Crippen LogP contribution in [-0.2, 0) is 28.2 Å². The minimum atomic E-state index is -5.66. The van der Waals surface area contributed by atoms with E-state index in [0.29, 0.717) is 13.0 Å². The highest BCUT2D eigenvalue weighted by molar-refractivity contribution is 7.87. The average Bonchev–Trinajstić information content (AvgIpc) is 3.17. The number of epoxide rings is 1. The molecule has 2 aliphatic rings. The second-order valence-corrected chi connectivity index (χ2v) is 14.3. The van der Waals surface area contributed by atoms with Gasteiger partial charge in [0.1, 0.15) is 12.2 Å². The van der Waals surface area contributed by atoms with Crippen molar-refractivity contribution in [3.05, 3.63) is 0 Å². The summed E-state index contributed by atoms with van der Waals surface area (Å²) in [6.07, 6.45) is -1.41. The molecule has 0 unspecified atom stereocenters. The molecule has 0 saturated carbocycles. The molecule has 0 aromatic rings. The van der Waals surface area contributed by atoms with Crippen molar-refractivity contribution in [1.82, 2.24) is 0 Å². The van der Waals surface area contributed by atoms with E-state index in [1.54, 1.807) is 0 Å². The van der Waals surface area contributed by atoms with Crippen molar-refractivity contribution in [1.29, 1.82) is 0 Å². The zero-order chi connectivity index (χ0) is 19.3. The molecule has 0 aromatic carbocycles. The summed E-state index contributed by atoms with van der Waals surface area (Å²) in [5.74, 6) is 0. The van der Waals surface area contributed by atoms with Gasteiger partial charge in [-0.3, -0.25) is 4.18 Å². The Kier molecular flexibility index (Phi) is 5.70. The fraction of sp³-hybridized carbons (Fsp3) is 1.00. The first-order valence-electron chi connectivity index (χ1n) is 8.05. The third-order valence-electron chi connectivity index (χ3n) is 4.93. The molecule has 2 saturated heterocycles. The van der Waals surface area contributed by atoms with E-state index in [-0.39, 0.29) is 17.2 Å². The average molecular weight is 406 g/mol. The Bertz CT molecular complexity index is 582. The van der Waals surface area contributed by atoms with Gasteiger partial charge in [-0.1, -0.05) is 20.8 Å². The molecule has 2 rings (SSSR count). The molecule has 148 valence electrons. The SMILES string of the molecule is CC(C)(C)[Si](C)(C)O[C@H]1C[C@H]([C@@H]2CO2)O[C@H]1COS(=O)(=O)C(F)(F)F. The first kappa shape index (κ1) is 21.1. The normalized spacial score (nSPS) is 31.4. The van der Waals surface area contributed by atoms with Crippen LogP contribution in [0.15, 0.2) is 0 Å². The zero-order valence-electron chi connectivity index (χ0n) is 14.9. The molecule has 2 aliphatic heterocycles. The molecular formula is C14H25F3O6SSi. The maximum atomic E-state index is 12.4.